The van der Waals surface area contributed by atoms with Gasteiger partial charge in [-0.15, -0.1) is 0 Å². The Bertz CT molecular complexity index is 1110. The average molecular weight is 367 g/mol. The minimum absolute atomic E-state index is 0.142. The summed E-state index contributed by atoms with van der Waals surface area (Å²) < 4.78 is 5.92. The molecule has 3 nitrogen and oxygen atoms in total. The summed E-state index contributed by atoms with van der Waals surface area (Å²) in [5.74, 6) is -0.142. The van der Waals surface area contributed by atoms with Crippen LogP contribution in [0.25, 0.3) is 22.0 Å². The molecule has 3 aromatic carbocycles. The Kier molecular flexibility index (Phi) is 4.21. The molecule has 1 aromatic heterocycles. The van der Waals surface area contributed by atoms with Crippen LogP contribution in [-0.2, 0) is 16.0 Å². The summed E-state index contributed by atoms with van der Waals surface area (Å²) in [6.07, 6.45) is 3.79. The summed E-state index contributed by atoms with van der Waals surface area (Å²) >= 11 is 0. The number of ether oxygens (including phenoxy) is 1. The van der Waals surface area contributed by atoms with Gasteiger partial charge < -0.3 is 9.72 Å². The van der Waals surface area contributed by atoms with Crippen molar-refractivity contribution in [2.75, 3.05) is 0 Å². The third kappa shape index (κ3) is 2.89. The SMILES string of the molecule is O=C(CCCc1c[nH]c2ccccc12)OC1c2ccccc2-c2ccccc21. The molecule has 0 unspecified atom stereocenters. The van der Waals surface area contributed by atoms with Crippen LogP contribution in [-0.4, -0.2) is 11.0 Å². The Balaban J connectivity index is 1.27. The van der Waals surface area contributed by atoms with Crippen molar-refractivity contribution in [3.05, 3.63) is 95.7 Å². The fraction of sp³-hybridized carbons (Fsp3) is 0.160. The molecule has 0 saturated carbocycles. The van der Waals surface area contributed by atoms with E-state index >= 15 is 0 Å². The summed E-state index contributed by atoms with van der Waals surface area (Å²) in [6.45, 7) is 0. The van der Waals surface area contributed by atoms with Gasteiger partial charge in [0.1, 0.15) is 0 Å². The van der Waals surface area contributed by atoms with Crippen molar-refractivity contribution >= 4 is 16.9 Å². The number of aromatic amines is 1. The lowest BCUT2D eigenvalue weighted by Crippen LogP contribution is -2.10. The fourth-order valence-electron chi connectivity index (χ4n) is 4.19. The maximum atomic E-state index is 12.6. The number of esters is 1. The smallest absolute Gasteiger partial charge is 0.306 e. The van der Waals surface area contributed by atoms with E-state index in [4.69, 9.17) is 4.74 Å². The molecule has 0 fully saturated rings. The molecule has 0 aliphatic heterocycles. The van der Waals surface area contributed by atoms with Crippen LogP contribution < -0.4 is 0 Å². The summed E-state index contributed by atoms with van der Waals surface area (Å²) in [7, 11) is 0. The second-order valence-electron chi connectivity index (χ2n) is 7.26. The molecule has 1 N–H and O–H groups in total. The van der Waals surface area contributed by atoms with Crippen molar-refractivity contribution in [1.82, 2.24) is 4.98 Å². The van der Waals surface area contributed by atoms with E-state index in [0.29, 0.717) is 6.42 Å². The number of para-hydroxylation sites is 1. The Hall–Kier alpha value is -3.33. The first-order valence-electron chi connectivity index (χ1n) is 9.74. The molecule has 0 radical (unpaired) electrons. The highest BCUT2D eigenvalue weighted by Gasteiger charge is 2.30. The number of fused-ring (bicyclic) bond motifs is 4. The molecule has 4 aromatic rings. The zero-order valence-electron chi connectivity index (χ0n) is 15.5. The monoisotopic (exact) mass is 367 g/mol. The van der Waals surface area contributed by atoms with E-state index in [1.54, 1.807) is 0 Å². The minimum Gasteiger partial charge on any atom is -0.452 e. The van der Waals surface area contributed by atoms with Gasteiger partial charge in [-0.2, -0.15) is 0 Å². The highest BCUT2D eigenvalue weighted by molar-refractivity contribution is 5.83. The number of benzene rings is 3. The van der Waals surface area contributed by atoms with E-state index in [9.17, 15) is 4.79 Å². The number of carbonyl (C=O) groups excluding carboxylic acids is 1. The van der Waals surface area contributed by atoms with Crippen molar-refractivity contribution < 1.29 is 9.53 Å². The molecule has 0 saturated heterocycles. The van der Waals surface area contributed by atoms with E-state index in [0.717, 1.165) is 40.6 Å². The van der Waals surface area contributed by atoms with Crippen LogP contribution in [0, 0.1) is 0 Å². The van der Waals surface area contributed by atoms with Gasteiger partial charge in [0.05, 0.1) is 0 Å². The van der Waals surface area contributed by atoms with Crippen LogP contribution in [0.4, 0.5) is 0 Å². The quantitative estimate of drug-likeness (QED) is 0.453. The molecule has 138 valence electrons. The van der Waals surface area contributed by atoms with Gasteiger partial charge in [-0.25, -0.2) is 0 Å². The van der Waals surface area contributed by atoms with Crippen LogP contribution >= 0.6 is 0 Å². The van der Waals surface area contributed by atoms with Gasteiger partial charge in [0.2, 0.25) is 0 Å². The van der Waals surface area contributed by atoms with Gasteiger partial charge in [0.15, 0.2) is 6.10 Å². The van der Waals surface area contributed by atoms with E-state index in [2.05, 4.69) is 41.4 Å². The molecule has 0 amide bonds. The van der Waals surface area contributed by atoms with Crippen LogP contribution in [0.3, 0.4) is 0 Å². The topological polar surface area (TPSA) is 42.1 Å². The molecule has 0 bridgehead atoms. The highest BCUT2D eigenvalue weighted by Crippen LogP contribution is 2.45. The van der Waals surface area contributed by atoms with Crippen LogP contribution in [0.15, 0.2) is 79.0 Å². The Morgan fingerprint density at radius 3 is 2.25 bits per heavy atom. The summed E-state index contributed by atoms with van der Waals surface area (Å²) in [5, 5.41) is 1.23. The highest BCUT2D eigenvalue weighted by atomic mass is 16.5. The molecule has 5 rings (SSSR count). The maximum Gasteiger partial charge on any atom is 0.306 e. The van der Waals surface area contributed by atoms with Gasteiger partial charge in [0, 0.05) is 34.6 Å². The van der Waals surface area contributed by atoms with Gasteiger partial charge >= 0.3 is 5.97 Å². The zero-order chi connectivity index (χ0) is 18.9. The van der Waals surface area contributed by atoms with E-state index in [1.807, 2.05) is 42.6 Å². The maximum absolute atomic E-state index is 12.6. The second-order valence-corrected chi connectivity index (χ2v) is 7.26. The lowest BCUT2D eigenvalue weighted by Gasteiger charge is -2.15. The fourth-order valence-corrected chi connectivity index (χ4v) is 4.19. The third-order valence-corrected chi connectivity index (χ3v) is 5.53. The second kappa shape index (κ2) is 7.01. The Morgan fingerprint density at radius 1 is 0.857 bits per heavy atom. The predicted octanol–water partition coefficient (Wildman–Crippen LogP) is 5.80. The lowest BCUT2D eigenvalue weighted by atomic mass is 10.1. The lowest BCUT2D eigenvalue weighted by molar-refractivity contribution is -0.147. The number of hydrogen-bond acceptors (Lipinski definition) is 2. The van der Waals surface area contributed by atoms with Gasteiger partial charge in [0.25, 0.3) is 0 Å². The molecular formula is C25H21NO2. The van der Waals surface area contributed by atoms with Crippen molar-refractivity contribution in [3.8, 4) is 11.1 Å². The van der Waals surface area contributed by atoms with Crippen LogP contribution in [0.1, 0.15) is 35.6 Å². The molecule has 1 heterocycles. The minimum atomic E-state index is -0.298. The zero-order valence-corrected chi connectivity index (χ0v) is 15.5. The van der Waals surface area contributed by atoms with Crippen molar-refractivity contribution in [3.63, 3.8) is 0 Å². The summed E-state index contributed by atoms with van der Waals surface area (Å²) in [6, 6.07) is 24.6. The van der Waals surface area contributed by atoms with Crippen molar-refractivity contribution in [2.45, 2.75) is 25.4 Å². The normalized spacial score (nSPS) is 12.7. The van der Waals surface area contributed by atoms with E-state index < -0.39 is 0 Å². The molecule has 3 heteroatoms. The number of carbonyl (C=O) groups is 1. The first kappa shape index (κ1) is 16.8. The number of hydrogen-bond donors (Lipinski definition) is 1. The Labute approximate surface area is 164 Å². The third-order valence-electron chi connectivity index (χ3n) is 5.53. The number of rotatable bonds is 5. The Morgan fingerprint density at radius 2 is 1.50 bits per heavy atom. The van der Waals surface area contributed by atoms with Gasteiger partial charge in [-0.3, -0.25) is 4.79 Å². The molecule has 0 spiro atoms. The molecule has 1 aliphatic rings. The van der Waals surface area contributed by atoms with Crippen LogP contribution in [0.2, 0.25) is 0 Å². The predicted molar refractivity (Wildman–Crippen MR) is 111 cm³/mol. The van der Waals surface area contributed by atoms with Crippen molar-refractivity contribution in [1.29, 1.82) is 0 Å². The number of nitrogens with one attached hydrogen (secondary N) is 1. The average Bonchev–Trinajstić information content (AvgIpc) is 3.28. The molecular weight excluding hydrogens is 346 g/mol. The first-order chi connectivity index (χ1) is 13.8. The van der Waals surface area contributed by atoms with E-state index in [-0.39, 0.29) is 12.1 Å². The van der Waals surface area contributed by atoms with Crippen LogP contribution in [0.5, 0.6) is 0 Å². The number of aromatic nitrogens is 1. The summed E-state index contributed by atoms with van der Waals surface area (Å²) in [4.78, 5) is 15.9. The molecule has 28 heavy (non-hydrogen) atoms. The van der Waals surface area contributed by atoms with Crippen molar-refractivity contribution in [2.24, 2.45) is 0 Å². The number of aryl methyl sites for hydroxylation is 1. The largest absolute Gasteiger partial charge is 0.452 e. The van der Waals surface area contributed by atoms with E-state index in [1.165, 1.54) is 10.9 Å². The first-order valence-corrected chi connectivity index (χ1v) is 9.74. The van der Waals surface area contributed by atoms with Gasteiger partial charge in [-0.1, -0.05) is 66.7 Å². The standard InChI is InChI=1S/C25H21NO2/c27-24(15-7-8-17-16-26-23-14-6-5-9-18(17)23)28-25-21-12-3-1-10-19(21)20-11-2-4-13-22(20)25/h1-6,9-14,16,25-26H,7-8,15H2. The molecule has 1 aliphatic carbocycles. The number of H-pyrrole nitrogens is 1. The molecule has 0 atom stereocenters. The van der Waals surface area contributed by atoms with Gasteiger partial charge in [-0.05, 0) is 35.6 Å². The summed E-state index contributed by atoms with van der Waals surface area (Å²) in [5.41, 5.74) is 6.87.